The largest absolute Gasteiger partial charge is 0.435 e. The average Bonchev–Trinajstić information content (AvgIpc) is 3.23. The number of anilines is 1. The van der Waals surface area contributed by atoms with E-state index in [0.29, 0.717) is 22.7 Å². The second-order valence-corrected chi connectivity index (χ2v) is 9.82. The Hall–Kier alpha value is -3.67. The fourth-order valence-corrected chi connectivity index (χ4v) is 4.49. The summed E-state index contributed by atoms with van der Waals surface area (Å²) in [5.74, 6) is -0.305. The SMILES string of the molecule is CCc1ccc(-c2nc3cc(NC(=O)c4cc(C#N)ccc4S(C)(=O)=O)cc(Cl)c3o2)cc1. The lowest BCUT2D eigenvalue weighted by Crippen LogP contribution is -2.16. The molecule has 0 aliphatic heterocycles. The number of fused-ring (bicyclic) bond motifs is 1. The Balaban J connectivity index is 1.70. The number of aryl methyl sites for hydroxylation is 1. The molecule has 33 heavy (non-hydrogen) atoms. The number of rotatable bonds is 5. The first-order valence-electron chi connectivity index (χ1n) is 9.94. The Morgan fingerprint density at radius 1 is 1.15 bits per heavy atom. The van der Waals surface area contributed by atoms with E-state index in [0.717, 1.165) is 18.2 Å². The number of halogens is 1. The molecule has 0 atom stereocenters. The number of aromatic nitrogens is 1. The molecule has 166 valence electrons. The molecule has 0 spiro atoms. The number of sulfone groups is 1. The van der Waals surface area contributed by atoms with Gasteiger partial charge in [-0.25, -0.2) is 13.4 Å². The maximum atomic E-state index is 12.9. The predicted molar refractivity (Wildman–Crippen MR) is 126 cm³/mol. The molecule has 0 aliphatic rings. The summed E-state index contributed by atoms with van der Waals surface area (Å²) in [6.45, 7) is 2.07. The van der Waals surface area contributed by atoms with E-state index >= 15 is 0 Å². The van der Waals surface area contributed by atoms with Gasteiger partial charge in [-0.1, -0.05) is 30.7 Å². The molecule has 0 unspecified atom stereocenters. The Kier molecular flexibility index (Phi) is 5.93. The quantitative estimate of drug-likeness (QED) is 0.419. The molecular formula is C24H18ClN3O4S. The van der Waals surface area contributed by atoms with Crippen LogP contribution in [0.25, 0.3) is 22.6 Å². The van der Waals surface area contributed by atoms with Crippen molar-refractivity contribution >= 4 is 44.1 Å². The van der Waals surface area contributed by atoms with Gasteiger partial charge in [0, 0.05) is 17.5 Å². The molecule has 3 aromatic carbocycles. The first-order chi connectivity index (χ1) is 15.7. The van der Waals surface area contributed by atoms with E-state index in [1.54, 1.807) is 6.07 Å². The van der Waals surface area contributed by atoms with E-state index in [2.05, 4.69) is 17.2 Å². The van der Waals surface area contributed by atoms with E-state index < -0.39 is 15.7 Å². The summed E-state index contributed by atoms with van der Waals surface area (Å²) in [6.07, 6.45) is 1.92. The van der Waals surface area contributed by atoms with Crippen LogP contribution in [0.5, 0.6) is 0 Å². The van der Waals surface area contributed by atoms with Gasteiger partial charge >= 0.3 is 0 Å². The number of benzene rings is 3. The van der Waals surface area contributed by atoms with Gasteiger partial charge < -0.3 is 9.73 Å². The number of nitriles is 1. The molecule has 0 saturated heterocycles. The van der Waals surface area contributed by atoms with Crippen molar-refractivity contribution in [3.63, 3.8) is 0 Å². The molecule has 0 radical (unpaired) electrons. The number of hydrogen-bond acceptors (Lipinski definition) is 6. The Morgan fingerprint density at radius 3 is 2.52 bits per heavy atom. The summed E-state index contributed by atoms with van der Waals surface area (Å²) in [7, 11) is -3.69. The minimum atomic E-state index is -3.69. The summed E-state index contributed by atoms with van der Waals surface area (Å²) >= 11 is 6.37. The van der Waals surface area contributed by atoms with Crippen LogP contribution < -0.4 is 5.32 Å². The standard InChI is InChI=1S/C24H18ClN3O4S/c1-3-14-4-7-16(8-5-14)24-28-20-12-17(11-19(25)22(20)32-24)27-23(29)18-10-15(13-26)6-9-21(18)33(2,30)31/h4-12H,3H2,1-2H3,(H,27,29). The number of carbonyl (C=O) groups is 1. The van der Waals surface area contributed by atoms with Crippen molar-refractivity contribution < 1.29 is 17.6 Å². The monoisotopic (exact) mass is 479 g/mol. The van der Waals surface area contributed by atoms with E-state index in [4.69, 9.17) is 21.3 Å². The van der Waals surface area contributed by atoms with Crippen LogP contribution in [0.3, 0.4) is 0 Å². The molecule has 9 heteroatoms. The van der Waals surface area contributed by atoms with Crippen molar-refractivity contribution in [3.05, 3.63) is 76.3 Å². The van der Waals surface area contributed by atoms with Gasteiger partial charge in [0.25, 0.3) is 5.91 Å². The topological polar surface area (TPSA) is 113 Å². The zero-order valence-electron chi connectivity index (χ0n) is 17.7. The Bertz CT molecular complexity index is 1530. The van der Waals surface area contributed by atoms with Gasteiger partial charge in [0.2, 0.25) is 5.89 Å². The molecule has 7 nitrogen and oxygen atoms in total. The highest BCUT2D eigenvalue weighted by Gasteiger charge is 2.21. The number of nitrogens with zero attached hydrogens (tertiary/aromatic N) is 2. The highest BCUT2D eigenvalue weighted by Crippen LogP contribution is 2.32. The van der Waals surface area contributed by atoms with Crippen molar-refractivity contribution in [3.8, 4) is 17.5 Å². The first kappa shape index (κ1) is 22.5. The number of nitrogens with one attached hydrogen (secondary N) is 1. The zero-order valence-corrected chi connectivity index (χ0v) is 19.3. The fourth-order valence-electron chi connectivity index (χ4n) is 3.37. The van der Waals surface area contributed by atoms with Crippen molar-refractivity contribution in [2.24, 2.45) is 0 Å². The lowest BCUT2D eigenvalue weighted by atomic mass is 10.1. The summed E-state index contributed by atoms with van der Waals surface area (Å²) < 4.78 is 30.0. The van der Waals surface area contributed by atoms with Crippen LogP contribution in [0.15, 0.2) is 63.9 Å². The molecule has 0 bridgehead atoms. The maximum absolute atomic E-state index is 12.9. The van der Waals surface area contributed by atoms with Crippen molar-refractivity contribution in [2.45, 2.75) is 18.2 Å². The third-order valence-corrected chi connectivity index (χ3v) is 6.50. The molecule has 0 fully saturated rings. The van der Waals surface area contributed by atoms with Crippen molar-refractivity contribution in [1.82, 2.24) is 4.98 Å². The van der Waals surface area contributed by atoms with E-state index in [-0.39, 0.29) is 21.0 Å². The summed E-state index contributed by atoms with van der Waals surface area (Å²) in [5.41, 5.74) is 3.11. The highest BCUT2D eigenvalue weighted by molar-refractivity contribution is 7.90. The smallest absolute Gasteiger partial charge is 0.257 e. The normalized spacial score (nSPS) is 11.3. The lowest BCUT2D eigenvalue weighted by Gasteiger charge is -2.10. The summed E-state index contributed by atoms with van der Waals surface area (Å²) in [6, 6.07) is 16.6. The Labute approximate surface area is 195 Å². The molecule has 0 aliphatic carbocycles. The van der Waals surface area contributed by atoms with Crippen LogP contribution in [-0.2, 0) is 16.3 Å². The predicted octanol–water partition coefficient (Wildman–Crippen LogP) is 5.24. The lowest BCUT2D eigenvalue weighted by molar-refractivity contribution is 0.102. The first-order valence-corrected chi connectivity index (χ1v) is 12.2. The van der Waals surface area contributed by atoms with E-state index in [1.807, 2.05) is 30.3 Å². The average molecular weight is 480 g/mol. The number of oxazole rings is 1. The molecule has 0 saturated carbocycles. The number of hydrogen-bond donors (Lipinski definition) is 1. The molecule has 4 aromatic rings. The molecule has 1 heterocycles. The molecule has 1 N–H and O–H groups in total. The number of amides is 1. The molecular weight excluding hydrogens is 462 g/mol. The molecule has 1 aromatic heterocycles. The van der Waals surface area contributed by atoms with Gasteiger partial charge in [-0.3, -0.25) is 4.79 Å². The van der Waals surface area contributed by atoms with Crippen LogP contribution in [-0.4, -0.2) is 25.6 Å². The fraction of sp³-hybridized carbons (Fsp3) is 0.125. The van der Waals surface area contributed by atoms with Gasteiger partial charge in [0.05, 0.1) is 27.1 Å². The van der Waals surface area contributed by atoms with Crippen molar-refractivity contribution in [2.75, 3.05) is 11.6 Å². The second kappa shape index (κ2) is 8.70. The van der Waals surface area contributed by atoms with E-state index in [1.165, 1.54) is 29.8 Å². The van der Waals surface area contributed by atoms with Gasteiger partial charge in [0.1, 0.15) is 5.52 Å². The van der Waals surface area contributed by atoms with Gasteiger partial charge in [0.15, 0.2) is 15.4 Å². The van der Waals surface area contributed by atoms with E-state index in [9.17, 15) is 13.2 Å². The third-order valence-electron chi connectivity index (χ3n) is 5.06. The third kappa shape index (κ3) is 4.60. The van der Waals surface area contributed by atoms with Crippen molar-refractivity contribution in [1.29, 1.82) is 5.26 Å². The van der Waals surface area contributed by atoms with Crippen LogP contribution in [0.2, 0.25) is 5.02 Å². The summed E-state index contributed by atoms with van der Waals surface area (Å²) in [4.78, 5) is 17.2. The zero-order chi connectivity index (χ0) is 23.8. The van der Waals surface area contributed by atoms with Crippen LogP contribution >= 0.6 is 11.6 Å². The minimum absolute atomic E-state index is 0.135. The number of carbonyl (C=O) groups excluding carboxylic acids is 1. The van der Waals surface area contributed by atoms with Gasteiger partial charge in [-0.2, -0.15) is 5.26 Å². The molecule has 1 amide bonds. The molecule has 4 rings (SSSR count). The van der Waals surface area contributed by atoms with Crippen LogP contribution in [0.1, 0.15) is 28.4 Å². The summed E-state index contributed by atoms with van der Waals surface area (Å²) in [5, 5.41) is 12.0. The van der Waals surface area contributed by atoms with Crippen LogP contribution in [0.4, 0.5) is 5.69 Å². The van der Waals surface area contributed by atoms with Crippen LogP contribution in [0, 0.1) is 11.3 Å². The Morgan fingerprint density at radius 2 is 1.88 bits per heavy atom. The van der Waals surface area contributed by atoms with Gasteiger partial charge in [-0.05, 0) is 54.4 Å². The highest BCUT2D eigenvalue weighted by atomic mass is 35.5. The second-order valence-electron chi connectivity index (χ2n) is 7.42. The van der Waals surface area contributed by atoms with Gasteiger partial charge in [-0.15, -0.1) is 0 Å². The maximum Gasteiger partial charge on any atom is 0.257 e. The minimum Gasteiger partial charge on any atom is -0.435 e.